The monoisotopic (exact) mass is 288 g/mol. The molecule has 0 saturated carbocycles. The zero-order valence-electron chi connectivity index (χ0n) is 13.2. The second kappa shape index (κ2) is 6.39. The molecule has 1 aromatic carbocycles. The average Bonchev–Trinajstić information content (AvgIpc) is 2.65. The first-order chi connectivity index (χ1) is 9.97. The molecule has 1 aromatic rings. The molecular formula is C17H24N2O2. The summed E-state index contributed by atoms with van der Waals surface area (Å²) in [5, 5.41) is 3.39. The number of benzene rings is 1. The minimum Gasteiger partial charge on any atom is -0.309 e. The second-order valence-corrected chi connectivity index (χ2v) is 5.83. The van der Waals surface area contributed by atoms with Crippen LogP contribution in [0.2, 0.25) is 0 Å². The van der Waals surface area contributed by atoms with E-state index in [1.165, 1.54) is 10.5 Å². The standard InChI is InChI=1S/C17H24N2O2/c1-5-18-15(14-9-7-6-8-11(14)2)10-19-16(20)12(3)13(4)17(19)21/h6-9,12-13,15,18H,5,10H2,1-4H3. The van der Waals surface area contributed by atoms with Crippen molar-refractivity contribution in [2.24, 2.45) is 11.8 Å². The van der Waals surface area contributed by atoms with Crippen molar-refractivity contribution in [1.82, 2.24) is 10.2 Å². The van der Waals surface area contributed by atoms with E-state index in [0.29, 0.717) is 6.54 Å². The van der Waals surface area contributed by atoms with Gasteiger partial charge in [-0.05, 0) is 24.6 Å². The number of imide groups is 1. The highest BCUT2D eigenvalue weighted by Crippen LogP contribution is 2.28. The number of carbonyl (C=O) groups is 2. The molecule has 1 fully saturated rings. The van der Waals surface area contributed by atoms with Crippen LogP contribution in [0.15, 0.2) is 24.3 Å². The normalized spacial score (nSPS) is 23.7. The zero-order valence-corrected chi connectivity index (χ0v) is 13.2. The highest BCUT2D eigenvalue weighted by atomic mass is 16.2. The van der Waals surface area contributed by atoms with Gasteiger partial charge in [-0.25, -0.2) is 0 Å². The van der Waals surface area contributed by atoms with E-state index in [-0.39, 0.29) is 29.7 Å². The smallest absolute Gasteiger partial charge is 0.232 e. The van der Waals surface area contributed by atoms with Crippen molar-refractivity contribution in [3.8, 4) is 0 Å². The second-order valence-electron chi connectivity index (χ2n) is 5.83. The SMILES string of the molecule is CCNC(CN1C(=O)C(C)C(C)C1=O)c1ccccc1C. The molecule has 2 amide bonds. The summed E-state index contributed by atoms with van der Waals surface area (Å²) < 4.78 is 0. The van der Waals surface area contributed by atoms with E-state index in [1.807, 2.05) is 32.9 Å². The van der Waals surface area contributed by atoms with Crippen molar-refractivity contribution >= 4 is 11.8 Å². The van der Waals surface area contributed by atoms with Gasteiger partial charge in [0.2, 0.25) is 11.8 Å². The maximum atomic E-state index is 12.3. The predicted molar refractivity (Wildman–Crippen MR) is 82.6 cm³/mol. The lowest BCUT2D eigenvalue weighted by atomic mass is 10.00. The van der Waals surface area contributed by atoms with E-state index in [9.17, 15) is 9.59 Å². The number of carbonyl (C=O) groups excluding carboxylic acids is 2. The highest BCUT2D eigenvalue weighted by molar-refractivity contribution is 6.04. The summed E-state index contributed by atoms with van der Waals surface area (Å²) in [4.78, 5) is 25.9. The van der Waals surface area contributed by atoms with Crippen molar-refractivity contribution in [1.29, 1.82) is 0 Å². The molecule has 0 bridgehead atoms. The van der Waals surface area contributed by atoms with Crippen LogP contribution in [0.3, 0.4) is 0 Å². The Balaban J connectivity index is 2.23. The number of aryl methyl sites for hydroxylation is 1. The lowest BCUT2D eigenvalue weighted by molar-refractivity contribution is -0.140. The molecular weight excluding hydrogens is 264 g/mol. The van der Waals surface area contributed by atoms with Crippen molar-refractivity contribution in [3.05, 3.63) is 35.4 Å². The van der Waals surface area contributed by atoms with Crippen molar-refractivity contribution in [3.63, 3.8) is 0 Å². The molecule has 1 N–H and O–H groups in total. The van der Waals surface area contributed by atoms with Gasteiger partial charge in [-0.3, -0.25) is 14.5 Å². The maximum absolute atomic E-state index is 12.3. The van der Waals surface area contributed by atoms with Crippen LogP contribution in [0.1, 0.15) is 37.9 Å². The lowest BCUT2D eigenvalue weighted by Gasteiger charge is -2.25. The Morgan fingerprint density at radius 2 is 1.71 bits per heavy atom. The Morgan fingerprint density at radius 3 is 2.24 bits per heavy atom. The molecule has 1 aliphatic rings. The summed E-state index contributed by atoms with van der Waals surface area (Å²) in [5.41, 5.74) is 2.32. The summed E-state index contributed by atoms with van der Waals surface area (Å²) >= 11 is 0. The lowest BCUT2D eigenvalue weighted by Crippen LogP contribution is -2.39. The van der Waals surface area contributed by atoms with Crippen LogP contribution in [-0.4, -0.2) is 29.8 Å². The van der Waals surface area contributed by atoms with E-state index in [0.717, 1.165) is 12.1 Å². The molecule has 3 unspecified atom stereocenters. The van der Waals surface area contributed by atoms with Crippen LogP contribution in [0.4, 0.5) is 0 Å². The van der Waals surface area contributed by atoms with Gasteiger partial charge in [0, 0.05) is 18.4 Å². The van der Waals surface area contributed by atoms with Crippen molar-refractivity contribution in [2.75, 3.05) is 13.1 Å². The summed E-state index contributed by atoms with van der Waals surface area (Å²) in [6, 6.07) is 8.09. The molecule has 4 nitrogen and oxygen atoms in total. The first-order valence-electron chi connectivity index (χ1n) is 7.61. The Bertz CT molecular complexity index is 521. The summed E-state index contributed by atoms with van der Waals surface area (Å²) in [7, 11) is 0. The minimum atomic E-state index is -0.211. The third kappa shape index (κ3) is 3.00. The average molecular weight is 288 g/mol. The van der Waals surface area contributed by atoms with Gasteiger partial charge in [0.15, 0.2) is 0 Å². The number of likely N-dealkylation sites (tertiary alicyclic amines) is 1. The molecule has 0 spiro atoms. The molecule has 114 valence electrons. The first-order valence-corrected chi connectivity index (χ1v) is 7.61. The number of amides is 2. The van der Waals surface area contributed by atoms with E-state index < -0.39 is 0 Å². The van der Waals surface area contributed by atoms with E-state index in [1.54, 1.807) is 0 Å². The van der Waals surface area contributed by atoms with Gasteiger partial charge in [-0.1, -0.05) is 45.0 Å². The highest BCUT2D eigenvalue weighted by Gasteiger charge is 2.42. The maximum Gasteiger partial charge on any atom is 0.232 e. The van der Waals surface area contributed by atoms with Crippen LogP contribution in [-0.2, 0) is 9.59 Å². The molecule has 0 aliphatic carbocycles. The number of rotatable bonds is 5. The zero-order chi connectivity index (χ0) is 15.6. The summed E-state index contributed by atoms with van der Waals surface area (Å²) in [6.45, 7) is 8.95. The fourth-order valence-electron chi connectivity index (χ4n) is 2.89. The fourth-order valence-corrected chi connectivity index (χ4v) is 2.89. The quantitative estimate of drug-likeness (QED) is 0.846. The Labute approximate surface area is 126 Å². The Morgan fingerprint density at radius 1 is 1.14 bits per heavy atom. The minimum absolute atomic E-state index is 0.0124. The molecule has 4 heteroatoms. The van der Waals surface area contributed by atoms with Crippen LogP contribution >= 0.6 is 0 Å². The molecule has 2 rings (SSSR count). The Hall–Kier alpha value is -1.68. The molecule has 0 aromatic heterocycles. The van der Waals surface area contributed by atoms with Gasteiger partial charge in [0.05, 0.1) is 6.04 Å². The third-order valence-corrected chi connectivity index (χ3v) is 4.44. The molecule has 0 radical (unpaired) electrons. The number of nitrogens with zero attached hydrogens (tertiary/aromatic N) is 1. The van der Waals surface area contributed by atoms with E-state index in [4.69, 9.17) is 0 Å². The van der Waals surface area contributed by atoms with Gasteiger partial charge in [-0.2, -0.15) is 0 Å². The fraction of sp³-hybridized carbons (Fsp3) is 0.529. The molecule has 3 atom stereocenters. The summed E-state index contributed by atoms with van der Waals surface area (Å²) in [5.74, 6) is -0.527. The van der Waals surface area contributed by atoms with Crippen LogP contribution < -0.4 is 5.32 Å². The van der Waals surface area contributed by atoms with Gasteiger partial charge in [0.1, 0.15) is 0 Å². The van der Waals surface area contributed by atoms with Gasteiger partial charge >= 0.3 is 0 Å². The molecule has 1 saturated heterocycles. The number of nitrogens with one attached hydrogen (secondary N) is 1. The van der Waals surface area contributed by atoms with Crippen molar-refractivity contribution < 1.29 is 9.59 Å². The van der Waals surface area contributed by atoms with Crippen LogP contribution in [0.5, 0.6) is 0 Å². The van der Waals surface area contributed by atoms with Crippen molar-refractivity contribution in [2.45, 2.75) is 33.7 Å². The summed E-state index contributed by atoms with van der Waals surface area (Å²) in [6.07, 6.45) is 0. The van der Waals surface area contributed by atoms with Crippen LogP contribution in [0.25, 0.3) is 0 Å². The molecule has 1 aliphatic heterocycles. The molecule has 1 heterocycles. The predicted octanol–water partition coefficient (Wildman–Crippen LogP) is 2.29. The van der Waals surface area contributed by atoms with Gasteiger partial charge in [-0.15, -0.1) is 0 Å². The largest absolute Gasteiger partial charge is 0.309 e. The number of hydrogen-bond donors (Lipinski definition) is 1. The van der Waals surface area contributed by atoms with Gasteiger partial charge < -0.3 is 5.32 Å². The number of hydrogen-bond acceptors (Lipinski definition) is 3. The number of likely N-dealkylation sites (N-methyl/N-ethyl adjacent to an activating group) is 1. The van der Waals surface area contributed by atoms with Gasteiger partial charge in [0.25, 0.3) is 0 Å². The Kier molecular flexibility index (Phi) is 4.78. The van der Waals surface area contributed by atoms with E-state index in [2.05, 4.69) is 24.4 Å². The first kappa shape index (κ1) is 15.7. The van der Waals surface area contributed by atoms with Crippen LogP contribution in [0, 0.1) is 18.8 Å². The van der Waals surface area contributed by atoms with E-state index >= 15 is 0 Å². The topological polar surface area (TPSA) is 49.4 Å². The third-order valence-electron chi connectivity index (χ3n) is 4.44. The molecule has 21 heavy (non-hydrogen) atoms.